The van der Waals surface area contributed by atoms with Crippen molar-refractivity contribution in [3.8, 4) is 6.07 Å². The van der Waals surface area contributed by atoms with Crippen LogP contribution in [0.1, 0.15) is 24.1 Å². The van der Waals surface area contributed by atoms with Crippen molar-refractivity contribution in [1.29, 1.82) is 5.26 Å². The molecule has 2 aromatic rings. The SMILES string of the molecule is CCc1cnc(CNc2nnccc2C#N)o1. The molecule has 0 aliphatic heterocycles. The second-order valence-electron chi connectivity index (χ2n) is 3.33. The van der Waals surface area contributed by atoms with Crippen molar-refractivity contribution in [3.63, 3.8) is 0 Å². The summed E-state index contributed by atoms with van der Waals surface area (Å²) in [7, 11) is 0. The molecule has 2 rings (SSSR count). The van der Waals surface area contributed by atoms with Crippen molar-refractivity contribution in [1.82, 2.24) is 15.2 Å². The number of hydrogen-bond donors (Lipinski definition) is 1. The molecule has 0 saturated carbocycles. The van der Waals surface area contributed by atoms with Crippen LogP contribution in [0.4, 0.5) is 5.82 Å². The summed E-state index contributed by atoms with van der Waals surface area (Å²) < 4.78 is 5.42. The molecule has 0 radical (unpaired) electrons. The first-order chi connectivity index (χ1) is 8.33. The lowest BCUT2D eigenvalue weighted by atomic mass is 10.3. The van der Waals surface area contributed by atoms with Gasteiger partial charge in [0.2, 0.25) is 5.89 Å². The van der Waals surface area contributed by atoms with Crippen molar-refractivity contribution in [3.05, 3.63) is 35.7 Å². The lowest BCUT2D eigenvalue weighted by Crippen LogP contribution is -2.04. The molecule has 0 bridgehead atoms. The van der Waals surface area contributed by atoms with Crippen LogP contribution in [0, 0.1) is 11.3 Å². The van der Waals surface area contributed by atoms with E-state index in [9.17, 15) is 0 Å². The first-order valence-electron chi connectivity index (χ1n) is 5.22. The molecule has 0 atom stereocenters. The maximum atomic E-state index is 8.86. The Balaban J connectivity index is 2.05. The molecule has 0 aromatic carbocycles. The Morgan fingerprint density at radius 3 is 3.12 bits per heavy atom. The Kier molecular flexibility index (Phi) is 3.31. The third-order valence-corrected chi connectivity index (χ3v) is 2.20. The van der Waals surface area contributed by atoms with Gasteiger partial charge in [0, 0.05) is 6.42 Å². The second kappa shape index (κ2) is 5.07. The third-order valence-electron chi connectivity index (χ3n) is 2.20. The number of aromatic nitrogens is 3. The highest BCUT2D eigenvalue weighted by Gasteiger charge is 2.06. The molecule has 2 heterocycles. The fraction of sp³-hybridized carbons (Fsp3) is 0.273. The molecule has 0 fully saturated rings. The number of hydrogen-bond acceptors (Lipinski definition) is 6. The van der Waals surface area contributed by atoms with Crippen LogP contribution in [0.25, 0.3) is 0 Å². The van der Waals surface area contributed by atoms with E-state index >= 15 is 0 Å². The van der Waals surface area contributed by atoms with Gasteiger partial charge in [0.1, 0.15) is 11.8 Å². The molecule has 0 amide bonds. The first-order valence-corrected chi connectivity index (χ1v) is 5.22. The molecule has 17 heavy (non-hydrogen) atoms. The largest absolute Gasteiger partial charge is 0.444 e. The summed E-state index contributed by atoms with van der Waals surface area (Å²) in [4.78, 5) is 4.10. The summed E-state index contributed by atoms with van der Waals surface area (Å²) in [6.45, 7) is 2.38. The number of nitriles is 1. The Bertz CT molecular complexity index is 543. The van der Waals surface area contributed by atoms with Gasteiger partial charge in [0.15, 0.2) is 5.82 Å². The molecule has 0 saturated heterocycles. The highest BCUT2D eigenvalue weighted by atomic mass is 16.4. The van der Waals surface area contributed by atoms with Gasteiger partial charge in [-0.3, -0.25) is 0 Å². The van der Waals surface area contributed by atoms with Crippen molar-refractivity contribution in [2.45, 2.75) is 19.9 Å². The van der Waals surface area contributed by atoms with Crippen LogP contribution in [0.5, 0.6) is 0 Å². The zero-order valence-corrected chi connectivity index (χ0v) is 9.34. The lowest BCUT2D eigenvalue weighted by molar-refractivity contribution is 0.465. The van der Waals surface area contributed by atoms with E-state index in [4.69, 9.17) is 9.68 Å². The third kappa shape index (κ3) is 2.58. The minimum atomic E-state index is 0.382. The minimum Gasteiger partial charge on any atom is -0.444 e. The molecule has 2 aromatic heterocycles. The predicted molar refractivity (Wildman–Crippen MR) is 60.0 cm³/mol. The zero-order valence-electron chi connectivity index (χ0n) is 9.34. The van der Waals surface area contributed by atoms with E-state index in [0.29, 0.717) is 23.8 Å². The summed E-state index contributed by atoms with van der Waals surface area (Å²) in [5.41, 5.74) is 0.447. The van der Waals surface area contributed by atoms with E-state index in [-0.39, 0.29) is 0 Å². The number of aryl methyl sites for hydroxylation is 1. The smallest absolute Gasteiger partial charge is 0.213 e. The number of anilines is 1. The van der Waals surface area contributed by atoms with E-state index in [0.717, 1.165) is 12.2 Å². The van der Waals surface area contributed by atoms with E-state index in [1.165, 1.54) is 6.20 Å². The molecule has 6 nitrogen and oxygen atoms in total. The van der Waals surface area contributed by atoms with Crippen molar-refractivity contribution in [2.24, 2.45) is 0 Å². The van der Waals surface area contributed by atoms with Crippen LogP contribution >= 0.6 is 0 Å². The van der Waals surface area contributed by atoms with E-state index in [1.807, 2.05) is 13.0 Å². The number of nitrogens with one attached hydrogen (secondary N) is 1. The van der Waals surface area contributed by atoms with Crippen LogP contribution < -0.4 is 5.32 Å². The quantitative estimate of drug-likeness (QED) is 0.854. The van der Waals surface area contributed by atoms with Crippen LogP contribution in [-0.2, 0) is 13.0 Å². The lowest BCUT2D eigenvalue weighted by Gasteiger charge is -2.02. The normalized spacial score (nSPS) is 9.88. The average molecular weight is 229 g/mol. The van der Waals surface area contributed by atoms with Gasteiger partial charge in [0.05, 0.1) is 24.5 Å². The van der Waals surface area contributed by atoms with Crippen molar-refractivity contribution < 1.29 is 4.42 Å². The van der Waals surface area contributed by atoms with Gasteiger partial charge in [-0.15, -0.1) is 5.10 Å². The minimum absolute atomic E-state index is 0.382. The topological polar surface area (TPSA) is 87.6 Å². The molecular weight excluding hydrogens is 218 g/mol. The van der Waals surface area contributed by atoms with Gasteiger partial charge in [-0.1, -0.05) is 6.92 Å². The molecule has 1 N–H and O–H groups in total. The molecule has 86 valence electrons. The maximum absolute atomic E-state index is 8.86. The van der Waals surface area contributed by atoms with Gasteiger partial charge in [-0.2, -0.15) is 10.4 Å². The average Bonchev–Trinajstić information content (AvgIpc) is 2.84. The molecule has 0 unspecified atom stereocenters. The molecule has 0 aliphatic carbocycles. The summed E-state index contributed by atoms with van der Waals surface area (Å²) in [5, 5.41) is 19.4. The molecular formula is C11H11N5O. The fourth-order valence-corrected chi connectivity index (χ4v) is 1.31. The fourth-order valence-electron chi connectivity index (χ4n) is 1.31. The van der Waals surface area contributed by atoms with E-state index in [2.05, 4.69) is 20.5 Å². The number of oxazole rings is 1. The highest BCUT2D eigenvalue weighted by molar-refractivity contribution is 5.49. The zero-order chi connectivity index (χ0) is 12.1. The van der Waals surface area contributed by atoms with E-state index < -0.39 is 0 Å². The van der Waals surface area contributed by atoms with Gasteiger partial charge in [0.25, 0.3) is 0 Å². The van der Waals surface area contributed by atoms with Gasteiger partial charge in [-0.25, -0.2) is 4.98 Å². The number of nitrogens with zero attached hydrogens (tertiary/aromatic N) is 4. The first kappa shape index (κ1) is 11.1. The van der Waals surface area contributed by atoms with E-state index in [1.54, 1.807) is 12.3 Å². The Morgan fingerprint density at radius 1 is 1.53 bits per heavy atom. The maximum Gasteiger partial charge on any atom is 0.213 e. The van der Waals surface area contributed by atoms with Crippen molar-refractivity contribution in [2.75, 3.05) is 5.32 Å². The van der Waals surface area contributed by atoms with Crippen LogP contribution in [0.2, 0.25) is 0 Å². The molecule has 0 aliphatic rings. The monoisotopic (exact) mass is 229 g/mol. The van der Waals surface area contributed by atoms with Gasteiger partial charge in [-0.05, 0) is 6.07 Å². The van der Waals surface area contributed by atoms with Gasteiger partial charge < -0.3 is 9.73 Å². The summed E-state index contributed by atoms with van der Waals surface area (Å²) >= 11 is 0. The molecule has 6 heteroatoms. The highest BCUT2D eigenvalue weighted by Crippen LogP contribution is 2.11. The Morgan fingerprint density at radius 2 is 2.41 bits per heavy atom. The standard InChI is InChI=1S/C11H11N5O/c1-2-9-6-13-10(17-9)7-14-11-8(5-12)3-4-15-16-11/h3-4,6H,2,7H2,1H3,(H,14,16). The van der Waals surface area contributed by atoms with Crippen LogP contribution in [0.15, 0.2) is 22.9 Å². The Hall–Kier alpha value is -2.42. The Labute approximate surface area is 98.3 Å². The second-order valence-corrected chi connectivity index (χ2v) is 3.33. The summed E-state index contributed by atoms with van der Waals surface area (Å²) in [6.07, 6.45) is 3.98. The van der Waals surface area contributed by atoms with Crippen LogP contribution in [0.3, 0.4) is 0 Å². The summed E-state index contributed by atoms with van der Waals surface area (Å²) in [5.74, 6) is 1.84. The number of rotatable bonds is 4. The van der Waals surface area contributed by atoms with Crippen molar-refractivity contribution >= 4 is 5.82 Å². The van der Waals surface area contributed by atoms with Crippen LogP contribution in [-0.4, -0.2) is 15.2 Å². The predicted octanol–water partition coefficient (Wildman–Crippen LogP) is 1.51. The summed E-state index contributed by atoms with van der Waals surface area (Å²) in [6, 6.07) is 3.63. The molecule has 0 spiro atoms. The van der Waals surface area contributed by atoms with Gasteiger partial charge >= 0.3 is 0 Å².